The molecule has 0 saturated heterocycles. The molecular weight excluding hydrogens is 239 g/mol. The summed E-state index contributed by atoms with van der Waals surface area (Å²) in [7, 11) is 2.05. The van der Waals surface area contributed by atoms with Crippen molar-refractivity contribution < 1.29 is 14.6 Å². The summed E-state index contributed by atoms with van der Waals surface area (Å²) in [4.78, 5) is 10.3. The van der Waals surface area contributed by atoms with Crippen molar-refractivity contribution in [3.8, 4) is 5.75 Å². The van der Waals surface area contributed by atoms with Crippen molar-refractivity contribution in [3.05, 3.63) is 24.3 Å². The van der Waals surface area contributed by atoms with Gasteiger partial charge in [-0.2, -0.15) is 0 Å². The van der Waals surface area contributed by atoms with Crippen molar-refractivity contribution in [2.45, 2.75) is 45.3 Å². The van der Waals surface area contributed by atoms with Crippen molar-refractivity contribution in [3.63, 3.8) is 0 Å². The molecule has 0 aliphatic rings. The van der Waals surface area contributed by atoms with Gasteiger partial charge in [0, 0.05) is 6.42 Å². The molecule has 1 aromatic rings. The summed E-state index contributed by atoms with van der Waals surface area (Å²) >= 11 is 0. The number of carboxylic acid groups (broad SMARTS) is 1. The van der Waals surface area contributed by atoms with Gasteiger partial charge in [0.05, 0.1) is 6.61 Å². The maximum absolute atomic E-state index is 10.3. The van der Waals surface area contributed by atoms with Gasteiger partial charge in [0.1, 0.15) is 13.0 Å². The monoisotopic (exact) mass is 261 g/mol. The van der Waals surface area contributed by atoms with E-state index in [1.807, 2.05) is 25.0 Å². The van der Waals surface area contributed by atoms with Crippen LogP contribution in [0.5, 0.6) is 5.75 Å². The van der Waals surface area contributed by atoms with E-state index in [0.29, 0.717) is 0 Å². The topological polar surface area (TPSA) is 46.5 Å². The molecule has 0 aromatic heterocycles. The van der Waals surface area contributed by atoms with Gasteiger partial charge in [-0.1, -0.05) is 43.7 Å². The second kappa shape index (κ2) is 9.48. The Labute approximate surface area is 116 Å². The molecule has 0 saturated carbocycles. The molecule has 0 heterocycles. The number of carboxylic acids is 1. The fourth-order valence-electron chi connectivity index (χ4n) is 1.88. The molecule has 3 nitrogen and oxygen atoms in total. The predicted molar refractivity (Wildman–Crippen MR) is 78.5 cm³/mol. The average Bonchev–Trinajstić information content (AvgIpc) is 2.41. The van der Waals surface area contributed by atoms with Crippen LogP contribution in [0.1, 0.15) is 38.5 Å². The first-order valence-corrected chi connectivity index (χ1v) is 6.96. The molecule has 4 heteroatoms. The van der Waals surface area contributed by atoms with Crippen molar-refractivity contribution in [2.75, 3.05) is 6.61 Å². The molecule has 1 N–H and O–H groups in total. The Morgan fingerprint density at radius 2 is 1.95 bits per heavy atom. The van der Waals surface area contributed by atoms with Gasteiger partial charge in [0.2, 0.25) is 0 Å². The fourth-order valence-corrected chi connectivity index (χ4v) is 1.88. The van der Waals surface area contributed by atoms with Gasteiger partial charge >= 0.3 is 5.97 Å². The van der Waals surface area contributed by atoms with E-state index in [2.05, 4.69) is 13.3 Å². The van der Waals surface area contributed by atoms with Crippen molar-refractivity contribution in [1.29, 1.82) is 0 Å². The molecule has 103 valence electrons. The number of hydrogen-bond acceptors (Lipinski definition) is 2. The minimum absolute atomic E-state index is 0.289. The Kier molecular flexibility index (Phi) is 7.79. The lowest BCUT2D eigenvalue weighted by atomic mass is 9.73. The first-order chi connectivity index (χ1) is 9.22. The van der Waals surface area contributed by atoms with Crippen LogP contribution in [0.2, 0.25) is 6.82 Å². The second-order valence-corrected chi connectivity index (χ2v) is 4.62. The van der Waals surface area contributed by atoms with Crippen LogP contribution in [0.25, 0.3) is 0 Å². The summed E-state index contributed by atoms with van der Waals surface area (Å²) in [6.07, 6.45) is 5.26. The molecule has 0 spiro atoms. The molecule has 1 radical (unpaired) electrons. The smallest absolute Gasteiger partial charge is 0.303 e. The van der Waals surface area contributed by atoms with E-state index in [9.17, 15) is 4.79 Å². The zero-order valence-electron chi connectivity index (χ0n) is 11.6. The van der Waals surface area contributed by atoms with Crippen molar-refractivity contribution >= 4 is 18.7 Å². The van der Waals surface area contributed by atoms with E-state index < -0.39 is 5.97 Å². The van der Waals surface area contributed by atoms with Gasteiger partial charge in [0.15, 0.2) is 0 Å². The summed E-state index contributed by atoms with van der Waals surface area (Å²) < 4.78 is 5.68. The second-order valence-electron chi connectivity index (χ2n) is 4.62. The molecule has 19 heavy (non-hydrogen) atoms. The standard InChI is InChI=1S/C15H22BO3/c1-16-13-8-7-9-14(12-13)19-11-6-4-2-3-5-10-15(17)18/h7-9,12H,2-6,10-11H2,1H3,(H,17,18). The number of hydrogen-bond donors (Lipinski definition) is 1. The van der Waals surface area contributed by atoms with Gasteiger partial charge in [-0.3, -0.25) is 4.79 Å². The third-order valence-corrected chi connectivity index (χ3v) is 3.00. The lowest BCUT2D eigenvalue weighted by molar-refractivity contribution is -0.137. The highest BCUT2D eigenvalue weighted by atomic mass is 16.5. The zero-order valence-corrected chi connectivity index (χ0v) is 11.6. The van der Waals surface area contributed by atoms with Crippen LogP contribution in [-0.4, -0.2) is 25.0 Å². The van der Waals surface area contributed by atoms with E-state index in [4.69, 9.17) is 9.84 Å². The van der Waals surface area contributed by atoms with Crippen LogP contribution < -0.4 is 10.2 Å². The number of aliphatic carboxylic acids is 1. The third-order valence-electron chi connectivity index (χ3n) is 3.00. The van der Waals surface area contributed by atoms with Crippen LogP contribution in [0.3, 0.4) is 0 Å². The van der Waals surface area contributed by atoms with Gasteiger partial charge in [-0.05, 0) is 25.0 Å². The summed E-state index contributed by atoms with van der Waals surface area (Å²) in [5.41, 5.74) is 1.17. The minimum Gasteiger partial charge on any atom is -0.494 e. The van der Waals surface area contributed by atoms with Gasteiger partial charge < -0.3 is 9.84 Å². The summed E-state index contributed by atoms with van der Waals surface area (Å²) in [5, 5.41) is 8.50. The van der Waals surface area contributed by atoms with E-state index in [-0.39, 0.29) is 6.42 Å². The Morgan fingerprint density at radius 1 is 1.21 bits per heavy atom. The molecule has 0 amide bonds. The minimum atomic E-state index is -0.698. The Morgan fingerprint density at radius 3 is 2.68 bits per heavy atom. The van der Waals surface area contributed by atoms with Gasteiger partial charge in [-0.15, -0.1) is 0 Å². The number of ether oxygens (including phenoxy) is 1. The lowest BCUT2D eigenvalue weighted by Gasteiger charge is -2.07. The van der Waals surface area contributed by atoms with Crippen LogP contribution in [-0.2, 0) is 4.79 Å². The highest BCUT2D eigenvalue weighted by Crippen LogP contribution is 2.09. The molecule has 1 rings (SSSR count). The number of unbranched alkanes of at least 4 members (excludes halogenated alkanes) is 4. The van der Waals surface area contributed by atoms with Crippen LogP contribution >= 0.6 is 0 Å². The van der Waals surface area contributed by atoms with Crippen molar-refractivity contribution in [1.82, 2.24) is 0 Å². The summed E-state index contributed by atoms with van der Waals surface area (Å²) in [6, 6.07) is 8.05. The van der Waals surface area contributed by atoms with Gasteiger partial charge in [-0.25, -0.2) is 0 Å². The number of benzene rings is 1. The van der Waals surface area contributed by atoms with E-state index in [1.165, 1.54) is 5.46 Å². The summed E-state index contributed by atoms with van der Waals surface area (Å²) in [6.45, 7) is 2.74. The van der Waals surface area contributed by atoms with E-state index in [0.717, 1.165) is 44.5 Å². The van der Waals surface area contributed by atoms with E-state index >= 15 is 0 Å². The Bertz CT molecular complexity index is 379. The maximum Gasteiger partial charge on any atom is 0.303 e. The van der Waals surface area contributed by atoms with Crippen LogP contribution in [0.15, 0.2) is 24.3 Å². The molecule has 0 atom stereocenters. The van der Waals surface area contributed by atoms with Crippen LogP contribution in [0, 0.1) is 0 Å². The molecular formula is C15H22BO3. The molecule has 0 aliphatic carbocycles. The number of carbonyl (C=O) groups is 1. The Balaban J connectivity index is 2.02. The first-order valence-electron chi connectivity index (χ1n) is 6.96. The fraction of sp³-hybridized carbons (Fsp3) is 0.533. The third kappa shape index (κ3) is 7.55. The molecule has 0 unspecified atom stereocenters. The largest absolute Gasteiger partial charge is 0.494 e. The highest BCUT2D eigenvalue weighted by Gasteiger charge is 1.98. The SMILES string of the molecule is C[B]c1cccc(OCCCCCCCC(=O)O)c1. The number of rotatable bonds is 10. The van der Waals surface area contributed by atoms with Crippen LogP contribution in [0.4, 0.5) is 0 Å². The van der Waals surface area contributed by atoms with Crippen molar-refractivity contribution in [2.24, 2.45) is 0 Å². The average molecular weight is 261 g/mol. The first kappa shape index (κ1) is 15.6. The quantitative estimate of drug-likeness (QED) is 0.520. The van der Waals surface area contributed by atoms with Gasteiger partial charge in [0.25, 0.3) is 0 Å². The van der Waals surface area contributed by atoms with E-state index in [1.54, 1.807) is 0 Å². The molecule has 1 aromatic carbocycles. The molecule has 0 aliphatic heterocycles. The maximum atomic E-state index is 10.3. The summed E-state index contributed by atoms with van der Waals surface area (Å²) in [5.74, 6) is 0.220. The molecule has 0 bridgehead atoms. The highest BCUT2D eigenvalue weighted by molar-refractivity contribution is 6.51. The molecule has 0 fully saturated rings. The normalized spacial score (nSPS) is 10.2. The Hall–Kier alpha value is -1.45. The zero-order chi connectivity index (χ0) is 13.9. The lowest BCUT2D eigenvalue weighted by Crippen LogP contribution is -2.10. The predicted octanol–water partition coefficient (Wildman–Crippen LogP) is 2.87.